The van der Waals surface area contributed by atoms with Gasteiger partial charge in [-0.15, -0.1) is 0 Å². The molecule has 1 heterocycles. The highest BCUT2D eigenvalue weighted by molar-refractivity contribution is 6.30. The Bertz CT molecular complexity index is 758. The van der Waals surface area contributed by atoms with Crippen LogP contribution in [-0.4, -0.2) is 44.2 Å². The number of aryl methyl sites for hydroxylation is 1. The molecule has 132 valence electrons. The van der Waals surface area contributed by atoms with Gasteiger partial charge in [0, 0.05) is 36.9 Å². The van der Waals surface area contributed by atoms with Crippen LogP contribution < -0.4 is 15.0 Å². The van der Waals surface area contributed by atoms with Gasteiger partial charge in [0.25, 0.3) is 0 Å². The minimum atomic E-state index is -0.105. The van der Waals surface area contributed by atoms with E-state index in [4.69, 9.17) is 16.3 Å². The van der Waals surface area contributed by atoms with Crippen LogP contribution in [0.15, 0.2) is 42.5 Å². The van der Waals surface area contributed by atoms with E-state index < -0.39 is 0 Å². The van der Waals surface area contributed by atoms with Gasteiger partial charge in [-0.05, 0) is 36.8 Å². The smallest absolute Gasteiger partial charge is 0.322 e. The molecule has 2 amide bonds. The van der Waals surface area contributed by atoms with E-state index in [1.54, 1.807) is 7.11 Å². The first-order valence-corrected chi connectivity index (χ1v) is 8.66. The van der Waals surface area contributed by atoms with Gasteiger partial charge >= 0.3 is 6.03 Å². The maximum absolute atomic E-state index is 12.5. The van der Waals surface area contributed by atoms with Crippen molar-refractivity contribution in [1.82, 2.24) is 4.90 Å². The van der Waals surface area contributed by atoms with E-state index in [2.05, 4.69) is 17.1 Å². The molecule has 0 spiro atoms. The fourth-order valence-electron chi connectivity index (χ4n) is 3.02. The zero-order valence-corrected chi connectivity index (χ0v) is 15.2. The summed E-state index contributed by atoms with van der Waals surface area (Å²) in [7, 11) is 1.59. The second kappa shape index (κ2) is 7.66. The van der Waals surface area contributed by atoms with E-state index in [9.17, 15) is 4.79 Å². The molecule has 2 aromatic rings. The van der Waals surface area contributed by atoms with Gasteiger partial charge in [-0.25, -0.2) is 4.79 Å². The molecule has 3 rings (SSSR count). The molecule has 0 radical (unpaired) electrons. The first-order valence-electron chi connectivity index (χ1n) is 8.28. The number of amides is 2. The summed E-state index contributed by atoms with van der Waals surface area (Å²) >= 11 is 6.12. The second-order valence-corrected chi connectivity index (χ2v) is 6.47. The topological polar surface area (TPSA) is 44.8 Å². The Morgan fingerprint density at radius 3 is 2.56 bits per heavy atom. The number of rotatable bonds is 3. The highest BCUT2D eigenvalue weighted by Gasteiger charge is 2.22. The van der Waals surface area contributed by atoms with E-state index in [1.807, 2.05) is 47.4 Å². The molecule has 6 heteroatoms. The molecule has 1 fully saturated rings. The van der Waals surface area contributed by atoms with Crippen LogP contribution in [0.3, 0.4) is 0 Å². The summed E-state index contributed by atoms with van der Waals surface area (Å²) in [6.45, 7) is 4.95. The normalized spacial score (nSPS) is 14.4. The summed E-state index contributed by atoms with van der Waals surface area (Å²) in [5.74, 6) is 0.657. The zero-order valence-electron chi connectivity index (χ0n) is 14.5. The lowest BCUT2D eigenvalue weighted by molar-refractivity contribution is 0.208. The van der Waals surface area contributed by atoms with Crippen molar-refractivity contribution in [2.45, 2.75) is 6.92 Å². The van der Waals surface area contributed by atoms with Gasteiger partial charge in [-0.2, -0.15) is 0 Å². The molecular formula is C19H22ClN3O2. The molecule has 1 N–H and O–H groups in total. The summed E-state index contributed by atoms with van der Waals surface area (Å²) in [6, 6.07) is 13.2. The van der Waals surface area contributed by atoms with E-state index in [-0.39, 0.29) is 6.03 Å². The van der Waals surface area contributed by atoms with Crippen molar-refractivity contribution in [3.05, 3.63) is 53.1 Å². The number of anilines is 2. The Labute approximate surface area is 153 Å². The minimum Gasteiger partial charge on any atom is -0.495 e. The molecule has 5 nitrogen and oxygen atoms in total. The summed E-state index contributed by atoms with van der Waals surface area (Å²) < 4.78 is 5.28. The lowest BCUT2D eigenvalue weighted by Crippen LogP contribution is -2.50. The maximum Gasteiger partial charge on any atom is 0.322 e. The van der Waals surface area contributed by atoms with Crippen LogP contribution in [-0.2, 0) is 0 Å². The molecule has 0 atom stereocenters. The average Bonchev–Trinajstić information content (AvgIpc) is 2.64. The standard InChI is InChI=1S/C19H22ClN3O2/c1-14-7-8-15(20)13-17(14)22-9-11-23(12-10-22)19(24)21-16-5-3-4-6-18(16)25-2/h3-8,13H,9-12H2,1-2H3,(H,21,24). The van der Waals surface area contributed by atoms with Crippen molar-refractivity contribution >= 4 is 29.0 Å². The van der Waals surface area contributed by atoms with Crippen LogP contribution >= 0.6 is 11.6 Å². The van der Waals surface area contributed by atoms with Gasteiger partial charge < -0.3 is 19.9 Å². The van der Waals surface area contributed by atoms with E-state index in [1.165, 1.54) is 5.56 Å². The van der Waals surface area contributed by atoms with Crippen LogP contribution in [0.5, 0.6) is 5.75 Å². The number of benzene rings is 2. The first-order chi connectivity index (χ1) is 12.1. The number of methoxy groups -OCH3 is 1. The lowest BCUT2D eigenvalue weighted by Gasteiger charge is -2.36. The van der Waals surface area contributed by atoms with Gasteiger partial charge in [0.05, 0.1) is 12.8 Å². The first kappa shape index (κ1) is 17.4. The highest BCUT2D eigenvalue weighted by Crippen LogP contribution is 2.26. The number of carbonyl (C=O) groups excluding carboxylic acids is 1. The van der Waals surface area contributed by atoms with Gasteiger partial charge in [-0.3, -0.25) is 0 Å². The number of hydrogen-bond donors (Lipinski definition) is 1. The third-order valence-corrected chi connectivity index (χ3v) is 4.66. The monoisotopic (exact) mass is 359 g/mol. The molecule has 0 unspecified atom stereocenters. The molecular weight excluding hydrogens is 338 g/mol. The van der Waals surface area contributed by atoms with Crippen molar-refractivity contribution in [1.29, 1.82) is 0 Å². The fourth-order valence-corrected chi connectivity index (χ4v) is 3.18. The SMILES string of the molecule is COc1ccccc1NC(=O)N1CCN(c2cc(Cl)ccc2C)CC1. The number of hydrogen-bond acceptors (Lipinski definition) is 3. The van der Waals surface area contributed by atoms with Crippen molar-refractivity contribution in [3.8, 4) is 5.75 Å². The van der Waals surface area contributed by atoms with E-state index in [0.717, 1.165) is 23.8 Å². The quantitative estimate of drug-likeness (QED) is 0.900. The highest BCUT2D eigenvalue weighted by atomic mass is 35.5. The molecule has 0 aromatic heterocycles. The fraction of sp³-hybridized carbons (Fsp3) is 0.316. The number of para-hydroxylation sites is 2. The molecule has 2 aromatic carbocycles. The van der Waals surface area contributed by atoms with Gasteiger partial charge in [0.1, 0.15) is 5.75 Å². The molecule has 1 saturated heterocycles. The number of piperazine rings is 1. The Kier molecular flexibility index (Phi) is 5.34. The van der Waals surface area contributed by atoms with Gasteiger partial charge in [-0.1, -0.05) is 29.8 Å². The molecule has 25 heavy (non-hydrogen) atoms. The van der Waals surface area contributed by atoms with E-state index >= 15 is 0 Å². The minimum absolute atomic E-state index is 0.105. The number of ether oxygens (including phenoxy) is 1. The predicted molar refractivity (Wildman–Crippen MR) is 102 cm³/mol. The average molecular weight is 360 g/mol. The molecule has 1 aliphatic heterocycles. The second-order valence-electron chi connectivity index (χ2n) is 6.04. The molecule has 1 aliphatic rings. The predicted octanol–water partition coefficient (Wildman–Crippen LogP) is 4.01. The lowest BCUT2D eigenvalue weighted by atomic mass is 10.1. The van der Waals surface area contributed by atoms with Crippen LogP contribution in [0.1, 0.15) is 5.56 Å². The molecule has 0 aliphatic carbocycles. The van der Waals surface area contributed by atoms with Crippen LogP contribution in [0.4, 0.5) is 16.2 Å². The van der Waals surface area contributed by atoms with Crippen LogP contribution in [0, 0.1) is 6.92 Å². The van der Waals surface area contributed by atoms with Crippen molar-refractivity contribution in [2.75, 3.05) is 43.5 Å². The third kappa shape index (κ3) is 3.99. The number of nitrogens with zero attached hydrogens (tertiary/aromatic N) is 2. The maximum atomic E-state index is 12.5. The Balaban J connectivity index is 1.62. The summed E-state index contributed by atoms with van der Waals surface area (Å²) in [6.07, 6.45) is 0. The Hall–Kier alpha value is -2.40. The van der Waals surface area contributed by atoms with Crippen molar-refractivity contribution < 1.29 is 9.53 Å². The summed E-state index contributed by atoms with van der Waals surface area (Å²) in [4.78, 5) is 16.6. The number of carbonyl (C=O) groups is 1. The molecule has 0 bridgehead atoms. The summed E-state index contributed by atoms with van der Waals surface area (Å²) in [5.41, 5.74) is 3.01. The Morgan fingerprint density at radius 2 is 1.84 bits per heavy atom. The van der Waals surface area contributed by atoms with E-state index in [0.29, 0.717) is 24.5 Å². The van der Waals surface area contributed by atoms with Gasteiger partial charge in [0.15, 0.2) is 0 Å². The number of halogens is 1. The zero-order chi connectivity index (χ0) is 17.8. The van der Waals surface area contributed by atoms with Gasteiger partial charge in [0.2, 0.25) is 0 Å². The third-order valence-electron chi connectivity index (χ3n) is 4.43. The van der Waals surface area contributed by atoms with Crippen molar-refractivity contribution in [2.24, 2.45) is 0 Å². The van der Waals surface area contributed by atoms with Crippen molar-refractivity contribution in [3.63, 3.8) is 0 Å². The number of urea groups is 1. The summed E-state index contributed by atoms with van der Waals surface area (Å²) in [5, 5.41) is 3.66. The number of nitrogens with one attached hydrogen (secondary N) is 1. The van der Waals surface area contributed by atoms with Crippen LogP contribution in [0.25, 0.3) is 0 Å². The largest absolute Gasteiger partial charge is 0.495 e. The molecule has 0 saturated carbocycles. The Morgan fingerprint density at radius 1 is 1.12 bits per heavy atom. The van der Waals surface area contributed by atoms with Crippen LogP contribution in [0.2, 0.25) is 5.02 Å².